The van der Waals surface area contributed by atoms with Gasteiger partial charge in [0.05, 0.1) is 11.6 Å². The molecule has 0 fully saturated rings. The molecule has 2 rings (SSSR count). The minimum atomic E-state index is -3.76. The van der Waals surface area contributed by atoms with E-state index in [1.165, 1.54) is 0 Å². The van der Waals surface area contributed by atoms with E-state index < -0.39 is 15.8 Å². The lowest BCUT2D eigenvalue weighted by atomic mass is 10.3. The van der Waals surface area contributed by atoms with Gasteiger partial charge in [0.2, 0.25) is 10.0 Å². The van der Waals surface area contributed by atoms with E-state index >= 15 is 0 Å². The number of hydrogen-bond donors (Lipinski definition) is 3. The van der Waals surface area contributed by atoms with Gasteiger partial charge in [-0.15, -0.1) is 0 Å². The first-order chi connectivity index (χ1) is 9.88. The predicted molar refractivity (Wildman–Crippen MR) is 79.5 cm³/mol. The van der Waals surface area contributed by atoms with Crippen LogP contribution >= 0.6 is 11.6 Å². The fourth-order valence-electron chi connectivity index (χ4n) is 1.80. The molecule has 0 radical (unpaired) electrons. The van der Waals surface area contributed by atoms with Crippen molar-refractivity contribution < 1.29 is 12.8 Å². The zero-order chi connectivity index (χ0) is 15.5. The van der Waals surface area contributed by atoms with Crippen molar-refractivity contribution in [1.82, 2.24) is 15.4 Å². The highest BCUT2D eigenvalue weighted by Crippen LogP contribution is 2.21. The van der Waals surface area contributed by atoms with Gasteiger partial charge in [-0.05, 0) is 25.1 Å². The normalized spacial score (nSPS) is 18.2. The number of guanidine groups is 1. The van der Waals surface area contributed by atoms with Gasteiger partial charge >= 0.3 is 0 Å². The van der Waals surface area contributed by atoms with Crippen molar-refractivity contribution in [3.63, 3.8) is 0 Å². The third-order valence-corrected chi connectivity index (χ3v) is 4.74. The van der Waals surface area contributed by atoms with E-state index in [2.05, 4.69) is 20.3 Å². The molecular formula is C12H16ClFN4O2S. The van der Waals surface area contributed by atoms with E-state index in [9.17, 15) is 12.8 Å². The highest BCUT2D eigenvalue weighted by atomic mass is 35.5. The van der Waals surface area contributed by atoms with Crippen molar-refractivity contribution in [3.8, 4) is 0 Å². The van der Waals surface area contributed by atoms with Crippen molar-refractivity contribution in [2.75, 3.05) is 19.6 Å². The summed E-state index contributed by atoms with van der Waals surface area (Å²) in [6.07, 6.45) is 0. The third-order valence-electron chi connectivity index (χ3n) is 2.80. The monoisotopic (exact) mass is 334 g/mol. The first kappa shape index (κ1) is 16.0. The van der Waals surface area contributed by atoms with Crippen LogP contribution in [-0.2, 0) is 10.0 Å². The first-order valence-corrected chi connectivity index (χ1v) is 8.24. The Morgan fingerprint density at radius 1 is 1.48 bits per heavy atom. The number of halogens is 2. The lowest BCUT2D eigenvalue weighted by Gasteiger charge is -2.10. The number of benzene rings is 1. The largest absolute Gasteiger partial charge is 0.355 e. The SMILES string of the molecule is CC1CN=C(NCCNS(=O)(=O)c2ccc(F)cc2Cl)N1. The summed E-state index contributed by atoms with van der Waals surface area (Å²) in [6, 6.07) is 3.43. The summed E-state index contributed by atoms with van der Waals surface area (Å²) in [5.41, 5.74) is 0. The van der Waals surface area contributed by atoms with E-state index in [0.717, 1.165) is 18.2 Å². The van der Waals surface area contributed by atoms with Gasteiger partial charge in [0.25, 0.3) is 0 Å². The van der Waals surface area contributed by atoms with Crippen LogP contribution in [-0.4, -0.2) is 40.1 Å². The molecule has 1 aromatic carbocycles. The van der Waals surface area contributed by atoms with Gasteiger partial charge in [-0.25, -0.2) is 17.5 Å². The van der Waals surface area contributed by atoms with E-state index in [1.54, 1.807) is 0 Å². The summed E-state index contributed by atoms with van der Waals surface area (Å²) in [7, 11) is -3.76. The zero-order valence-corrected chi connectivity index (χ0v) is 12.9. The second-order valence-electron chi connectivity index (χ2n) is 4.63. The van der Waals surface area contributed by atoms with Crippen molar-refractivity contribution >= 4 is 27.6 Å². The molecule has 9 heteroatoms. The minimum Gasteiger partial charge on any atom is -0.355 e. The molecule has 1 heterocycles. The number of hydrogen-bond acceptors (Lipinski definition) is 5. The Morgan fingerprint density at radius 3 is 2.86 bits per heavy atom. The van der Waals surface area contributed by atoms with Crippen LogP contribution in [0, 0.1) is 5.82 Å². The second kappa shape index (κ2) is 6.59. The molecule has 1 atom stereocenters. The summed E-state index contributed by atoms with van der Waals surface area (Å²) in [6.45, 7) is 3.22. The standard InChI is InChI=1S/C12H16ClFN4O2S/c1-8-7-16-12(18-8)15-4-5-17-21(19,20)11-3-2-9(14)6-10(11)13/h2-3,6,8,17H,4-5,7H2,1H3,(H2,15,16,18). The predicted octanol–water partition coefficient (Wildman–Crippen LogP) is 0.695. The molecule has 0 amide bonds. The van der Waals surface area contributed by atoms with Gasteiger partial charge < -0.3 is 10.6 Å². The lowest BCUT2D eigenvalue weighted by Crippen LogP contribution is -2.41. The fraction of sp³-hybridized carbons (Fsp3) is 0.417. The maximum absolute atomic E-state index is 12.9. The lowest BCUT2D eigenvalue weighted by molar-refractivity contribution is 0.579. The molecular weight excluding hydrogens is 319 g/mol. The van der Waals surface area contributed by atoms with Crippen molar-refractivity contribution in [1.29, 1.82) is 0 Å². The highest BCUT2D eigenvalue weighted by molar-refractivity contribution is 7.89. The molecule has 0 spiro atoms. The van der Waals surface area contributed by atoms with Crippen LogP contribution in [0.4, 0.5) is 4.39 Å². The van der Waals surface area contributed by atoms with Crippen molar-refractivity contribution in [2.45, 2.75) is 17.9 Å². The number of aliphatic imine (C=N–C) groups is 1. The zero-order valence-electron chi connectivity index (χ0n) is 11.4. The highest BCUT2D eigenvalue weighted by Gasteiger charge is 2.18. The summed E-state index contributed by atoms with van der Waals surface area (Å²) in [5, 5.41) is 5.93. The summed E-state index contributed by atoms with van der Waals surface area (Å²) in [5.74, 6) is 0.0709. The number of nitrogens with zero attached hydrogens (tertiary/aromatic N) is 1. The third kappa shape index (κ3) is 4.29. The van der Waals surface area contributed by atoms with Crippen LogP contribution in [0.1, 0.15) is 6.92 Å². The quantitative estimate of drug-likeness (QED) is 0.692. The molecule has 3 N–H and O–H groups in total. The Hall–Kier alpha value is -1.38. The Morgan fingerprint density at radius 2 is 2.24 bits per heavy atom. The van der Waals surface area contributed by atoms with Gasteiger partial charge in [-0.2, -0.15) is 0 Å². The van der Waals surface area contributed by atoms with Crippen molar-refractivity contribution in [2.24, 2.45) is 4.99 Å². The van der Waals surface area contributed by atoms with Crippen LogP contribution in [0.2, 0.25) is 5.02 Å². The number of rotatable bonds is 5. The van der Waals surface area contributed by atoms with Gasteiger partial charge in [-0.3, -0.25) is 4.99 Å². The average molecular weight is 335 g/mol. The maximum atomic E-state index is 12.9. The van der Waals surface area contributed by atoms with E-state index in [1.807, 2.05) is 6.92 Å². The topological polar surface area (TPSA) is 82.6 Å². The van der Waals surface area contributed by atoms with Crippen molar-refractivity contribution in [3.05, 3.63) is 29.0 Å². The van der Waals surface area contributed by atoms with Crippen LogP contribution < -0.4 is 15.4 Å². The van der Waals surface area contributed by atoms with Crippen LogP contribution in [0.5, 0.6) is 0 Å². The summed E-state index contributed by atoms with van der Waals surface area (Å²) >= 11 is 5.74. The molecule has 116 valence electrons. The molecule has 0 bridgehead atoms. The van der Waals surface area contributed by atoms with E-state index in [4.69, 9.17) is 11.6 Å². The van der Waals surface area contributed by atoms with Gasteiger partial charge in [0.1, 0.15) is 10.7 Å². The molecule has 6 nitrogen and oxygen atoms in total. The van der Waals surface area contributed by atoms with E-state index in [-0.39, 0.29) is 22.5 Å². The Kier molecular flexibility index (Phi) is 5.02. The van der Waals surface area contributed by atoms with Gasteiger partial charge in [0, 0.05) is 19.1 Å². The molecule has 0 saturated heterocycles. The van der Waals surface area contributed by atoms with E-state index in [0.29, 0.717) is 19.0 Å². The second-order valence-corrected chi connectivity index (χ2v) is 6.78. The molecule has 1 aliphatic heterocycles. The van der Waals surface area contributed by atoms with Crippen LogP contribution in [0.15, 0.2) is 28.1 Å². The fourth-order valence-corrected chi connectivity index (χ4v) is 3.36. The molecule has 1 aliphatic rings. The van der Waals surface area contributed by atoms with Gasteiger partial charge in [0.15, 0.2) is 5.96 Å². The first-order valence-electron chi connectivity index (χ1n) is 6.38. The molecule has 1 unspecified atom stereocenters. The molecule has 0 aliphatic carbocycles. The maximum Gasteiger partial charge on any atom is 0.242 e. The van der Waals surface area contributed by atoms with Crippen LogP contribution in [0.3, 0.4) is 0 Å². The number of sulfonamides is 1. The smallest absolute Gasteiger partial charge is 0.242 e. The number of nitrogens with one attached hydrogen (secondary N) is 3. The molecule has 1 aromatic rings. The molecule has 0 saturated carbocycles. The van der Waals surface area contributed by atoms with Gasteiger partial charge in [-0.1, -0.05) is 11.6 Å². The summed E-state index contributed by atoms with van der Waals surface area (Å²) < 4.78 is 39.3. The Bertz CT molecular complexity index is 651. The average Bonchev–Trinajstić information content (AvgIpc) is 2.80. The Labute approximate surface area is 127 Å². The molecule has 0 aromatic heterocycles. The Balaban J connectivity index is 1.87. The van der Waals surface area contributed by atoms with Crippen LogP contribution in [0.25, 0.3) is 0 Å². The minimum absolute atomic E-state index is 0.143. The molecule has 21 heavy (non-hydrogen) atoms. The summed E-state index contributed by atoms with van der Waals surface area (Å²) in [4.78, 5) is 4.04.